The number of nitrogens with zero attached hydrogens (tertiary/aromatic N) is 4. The molecule has 0 saturated heterocycles. The van der Waals surface area contributed by atoms with Crippen molar-refractivity contribution < 1.29 is 0 Å². The fraction of sp³-hybridized carbons (Fsp3) is 0.0986. The average molecular weight is 1880 g/mol. The molecular weight excluding hydrogens is 1760 g/mol. The molecule has 0 aromatic heterocycles. The van der Waals surface area contributed by atoms with E-state index in [9.17, 15) is 0 Å². The first-order valence-electron chi connectivity index (χ1n) is 51.4. The number of benzene rings is 24. The second-order valence-corrected chi connectivity index (χ2v) is 40.3. The molecule has 0 heterocycles. The molecular formula is C142H116N4. The second-order valence-electron chi connectivity index (χ2n) is 40.3. The highest BCUT2D eigenvalue weighted by Gasteiger charge is 2.29. The largest absolute Gasteiger partial charge is 0.310 e. The van der Waals surface area contributed by atoms with Gasteiger partial charge in [-0.25, -0.2) is 0 Å². The Bertz CT molecular complexity index is 8290. The first-order chi connectivity index (χ1) is 71.3. The Labute approximate surface area is 859 Å². The number of rotatable bonds is 22. The van der Waals surface area contributed by atoms with Crippen LogP contribution in [0, 0.1) is 69.2 Å². The molecule has 0 bridgehead atoms. The maximum absolute atomic E-state index is 2.50. The van der Waals surface area contributed by atoms with E-state index < -0.39 is 0 Å². The van der Waals surface area contributed by atoms with E-state index in [-0.39, 0.29) is 0 Å². The van der Waals surface area contributed by atoms with Crippen molar-refractivity contribution in [1.82, 2.24) is 0 Å². The fourth-order valence-electron chi connectivity index (χ4n) is 22.1. The molecule has 0 unspecified atom stereocenters. The van der Waals surface area contributed by atoms with Crippen LogP contribution >= 0.6 is 0 Å². The van der Waals surface area contributed by atoms with Crippen molar-refractivity contribution in [2.45, 2.75) is 95.9 Å². The Morgan fingerprint density at radius 1 is 0.137 bits per heavy atom. The Kier molecular flexibility index (Phi) is 24.7. The van der Waals surface area contributed by atoms with E-state index in [1.807, 2.05) is 0 Å². The van der Waals surface area contributed by atoms with Crippen LogP contribution in [-0.2, 0) is 12.8 Å². The van der Waals surface area contributed by atoms with Gasteiger partial charge < -0.3 is 19.6 Å². The molecule has 0 fully saturated rings. The lowest BCUT2D eigenvalue weighted by Crippen LogP contribution is -2.12. The quantitative estimate of drug-likeness (QED) is 0.0627. The topological polar surface area (TPSA) is 13.0 Å². The normalized spacial score (nSPS) is 11.5. The molecule has 24 rings (SSSR count). The Morgan fingerprint density at radius 3 is 0.479 bits per heavy atom. The van der Waals surface area contributed by atoms with Crippen LogP contribution in [0.3, 0.4) is 0 Å². The van der Waals surface area contributed by atoms with Gasteiger partial charge in [-0.15, -0.1) is 0 Å². The van der Waals surface area contributed by atoms with Crippen LogP contribution in [0.2, 0.25) is 0 Å². The van der Waals surface area contributed by atoms with Crippen molar-refractivity contribution in [1.29, 1.82) is 0 Å². The van der Waals surface area contributed by atoms with Crippen molar-refractivity contribution in [3.8, 4) is 89.0 Å². The number of anilines is 12. The molecule has 4 nitrogen and oxygen atoms in total. The Morgan fingerprint density at radius 2 is 0.308 bits per heavy atom. The summed E-state index contributed by atoms with van der Waals surface area (Å²) < 4.78 is 0. The zero-order valence-electron chi connectivity index (χ0n) is 85.1. The summed E-state index contributed by atoms with van der Waals surface area (Å²) in [6, 6.07) is 173. The van der Waals surface area contributed by atoms with Crippen LogP contribution in [-0.4, -0.2) is 0 Å². The highest BCUT2D eigenvalue weighted by Crippen LogP contribution is 2.54. The van der Waals surface area contributed by atoms with E-state index in [1.165, 1.54) is 220 Å². The van der Waals surface area contributed by atoms with E-state index in [2.05, 4.69) is 564 Å². The van der Waals surface area contributed by atoms with Crippen molar-refractivity contribution in [2.75, 3.05) is 19.6 Å². The molecule has 704 valence electrons. The monoisotopic (exact) mass is 1880 g/mol. The Hall–Kier alpha value is -17.4. The van der Waals surface area contributed by atoms with Crippen molar-refractivity contribution in [3.05, 3.63) is 528 Å². The zero-order valence-corrected chi connectivity index (χ0v) is 85.1. The SMILES string of the molecule is CCc1ccc(N(c2cc(-c3cccc(C)c3)cc(-c3cccc(C)c3)c2)c2ccc3ccc4c(N(c5ccc(CC)cc5)c5cc(-c6cccc(C)c6)cc(-c6cccc(C)c6)c5)ccc5ccc2c3c54)cc1.Cc1ccc(N(c2cc(-c3cccc(C)c3)cc(-c3cccc(C)c3)c2)c2ccc3ccc4c(N(c5ccc(C)cc5)c5cc(-c6cccc(C)c6)cc(-c6cccc(C)c6)c5)ccc5ccc2c3c54)cc1. The molecule has 0 amide bonds. The summed E-state index contributed by atoms with van der Waals surface area (Å²) >= 11 is 0. The van der Waals surface area contributed by atoms with Crippen molar-refractivity contribution in [2.24, 2.45) is 0 Å². The van der Waals surface area contributed by atoms with Gasteiger partial charge in [0.25, 0.3) is 0 Å². The van der Waals surface area contributed by atoms with Gasteiger partial charge in [-0.2, -0.15) is 0 Å². The van der Waals surface area contributed by atoms with Gasteiger partial charge in [0.1, 0.15) is 0 Å². The zero-order chi connectivity index (χ0) is 99.5. The third-order valence-corrected chi connectivity index (χ3v) is 29.5. The number of hydrogen-bond donors (Lipinski definition) is 0. The van der Waals surface area contributed by atoms with Gasteiger partial charge >= 0.3 is 0 Å². The van der Waals surface area contributed by atoms with E-state index >= 15 is 0 Å². The maximum Gasteiger partial charge on any atom is 0.0540 e. The minimum absolute atomic E-state index is 0.977. The minimum Gasteiger partial charge on any atom is -0.310 e. The lowest BCUT2D eigenvalue weighted by Gasteiger charge is -2.30. The fourth-order valence-corrected chi connectivity index (χ4v) is 22.1. The Balaban J connectivity index is 0.000000161. The van der Waals surface area contributed by atoms with E-state index in [4.69, 9.17) is 0 Å². The van der Waals surface area contributed by atoms with Gasteiger partial charge in [0, 0.05) is 67.0 Å². The maximum atomic E-state index is 2.50. The van der Waals surface area contributed by atoms with Crippen LogP contribution in [0.15, 0.2) is 461 Å². The minimum atomic E-state index is 0.977. The standard InChI is InChI=1S/C72H60N2.C70H56N2/c1-7-51-21-29-63(30-22-51)73(65-43-59(55-17-9-13-47(3)37-55)41-60(44-65)56-18-10-14-48(4)38-56)69-35-27-53-26-34-68-70(36-28-54-25-33-67(69)71(53)72(54)68)74(64-31-23-52(8-2)24-32-64)66-45-61(57-19-11-15-49(5)39-57)42-62(46-66)58-20-12-16-50(6)40-58;1-45-19-27-61(28-20-45)71(63-41-57(53-15-7-11-47(3)35-53)39-58(42-63)54-16-8-12-48(4)36-54)67-33-25-51-24-32-66-68(34-26-52-23-31-65(67)69(51)70(52)66)72(62-29-21-46(2)22-30-62)64-43-59(55-17-9-13-49(5)37-55)40-60(44-64)56-18-10-14-50(6)38-56/h9-46H,7-8H2,1-6H3;7-44H,1-6H3. The summed E-state index contributed by atoms with van der Waals surface area (Å²) in [5.41, 5.74) is 47.5. The van der Waals surface area contributed by atoms with Gasteiger partial charge in [0.15, 0.2) is 0 Å². The first kappa shape index (κ1) is 92.3. The smallest absolute Gasteiger partial charge is 0.0540 e. The van der Waals surface area contributed by atoms with Gasteiger partial charge in [0.05, 0.1) is 22.7 Å². The summed E-state index contributed by atoms with van der Waals surface area (Å²) in [6.45, 7) is 26.2. The van der Waals surface area contributed by atoms with Gasteiger partial charge in [-0.3, -0.25) is 0 Å². The summed E-state index contributed by atoms with van der Waals surface area (Å²) in [5.74, 6) is 0. The molecule has 4 heteroatoms. The number of hydrogen-bond acceptors (Lipinski definition) is 4. The molecule has 0 spiro atoms. The predicted molar refractivity (Wildman–Crippen MR) is 629 cm³/mol. The summed E-state index contributed by atoms with van der Waals surface area (Å²) in [6.07, 6.45) is 1.95. The van der Waals surface area contributed by atoms with Crippen LogP contribution in [0.4, 0.5) is 68.2 Å². The van der Waals surface area contributed by atoms with Crippen molar-refractivity contribution in [3.63, 3.8) is 0 Å². The third-order valence-electron chi connectivity index (χ3n) is 29.5. The molecule has 24 aromatic rings. The molecule has 146 heavy (non-hydrogen) atoms. The molecule has 0 aliphatic carbocycles. The van der Waals surface area contributed by atoms with Gasteiger partial charge in [0.2, 0.25) is 0 Å². The summed E-state index contributed by atoms with van der Waals surface area (Å²) in [7, 11) is 0. The molecule has 24 aromatic carbocycles. The van der Waals surface area contributed by atoms with Crippen molar-refractivity contribution >= 4 is 133 Å². The molecule has 0 radical (unpaired) electrons. The molecule has 0 N–H and O–H groups in total. The van der Waals surface area contributed by atoms with Crippen LogP contribution in [0.5, 0.6) is 0 Å². The van der Waals surface area contributed by atoms with Gasteiger partial charge in [-0.05, 0) is 371 Å². The lowest BCUT2D eigenvalue weighted by atomic mass is 9.91. The van der Waals surface area contributed by atoms with Gasteiger partial charge in [-0.1, -0.05) is 385 Å². The summed E-state index contributed by atoms with van der Waals surface area (Å²) in [5, 5.41) is 14.7. The first-order valence-corrected chi connectivity index (χ1v) is 51.4. The second kappa shape index (κ2) is 39.1. The van der Waals surface area contributed by atoms with Crippen LogP contribution < -0.4 is 19.6 Å². The summed E-state index contributed by atoms with van der Waals surface area (Å²) in [4.78, 5) is 9.95. The molecule has 0 aliphatic heterocycles. The lowest BCUT2D eigenvalue weighted by molar-refractivity contribution is 1.14. The highest BCUT2D eigenvalue weighted by atomic mass is 15.2. The van der Waals surface area contributed by atoms with E-state index in [1.54, 1.807) is 0 Å². The van der Waals surface area contributed by atoms with Crippen LogP contribution in [0.25, 0.3) is 154 Å². The van der Waals surface area contributed by atoms with E-state index in [0.29, 0.717) is 0 Å². The molecule has 0 atom stereocenters. The predicted octanol–water partition coefficient (Wildman–Crippen LogP) is 40.6. The molecule has 0 aliphatic rings. The van der Waals surface area contributed by atoms with E-state index in [0.717, 1.165) is 81.1 Å². The van der Waals surface area contributed by atoms with Crippen LogP contribution in [0.1, 0.15) is 80.6 Å². The third kappa shape index (κ3) is 18.3. The molecule has 0 saturated carbocycles. The number of aryl methyl sites for hydroxylation is 12. The average Bonchev–Trinajstić information content (AvgIpc) is 0.719. The highest BCUT2D eigenvalue weighted by molar-refractivity contribution is 6.30.